The van der Waals surface area contributed by atoms with E-state index in [1.807, 2.05) is 24.3 Å². The van der Waals surface area contributed by atoms with Crippen molar-refractivity contribution >= 4 is 5.78 Å². The summed E-state index contributed by atoms with van der Waals surface area (Å²) in [5.41, 5.74) is 1.25. The molecule has 0 fully saturated rings. The molecule has 0 bridgehead atoms. The Bertz CT molecular complexity index is 385. The molecule has 0 aromatic heterocycles. The van der Waals surface area contributed by atoms with E-state index in [1.165, 1.54) is 0 Å². The summed E-state index contributed by atoms with van der Waals surface area (Å²) in [7, 11) is 1.64. The van der Waals surface area contributed by atoms with Crippen molar-refractivity contribution in [1.82, 2.24) is 0 Å². The Hall–Kier alpha value is -1.31. The number of ketones is 1. The SMILES string of the molecule is COc1ccc(CC(=O)CC(C)C(C)(C)C)cc1. The maximum absolute atomic E-state index is 12.0. The molecule has 0 aliphatic carbocycles. The van der Waals surface area contributed by atoms with Crippen LogP contribution in [0.5, 0.6) is 5.75 Å². The van der Waals surface area contributed by atoms with Crippen molar-refractivity contribution in [3.63, 3.8) is 0 Å². The van der Waals surface area contributed by atoms with Crippen LogP contribution in [0.1, 0.15) is 39.7 Å². The Morgan fingerprint density at radius 3 is 2.22 bits per heavy atom. The molecular formula is C16H24O2. The molecule has 2 heteroatoms. The quantitative estimate of drug-likeness (QED) is 0.790. The molecule has 18 heavy (non-hydrogen) atoms. The van der Waals surface area contributed by atoms with E-state index < -0.39 is 0 Å². The topological polar surface area (TPSA) is 26.3 Å². The zero-order chi connectivity index (χ0) is 13.8. The summed E-state index contributed by atoms with van der Waals surface area (Å²) < 4.78 is 5.10. The number of rotatable bonds is 5. The average molecular weight is 248 g/mol. The Balaban J connectivity index is 2.54. The fraction of sp³-hybridized carbons (Fsp3) is 0.562. The zero-order valence-electron chi connectivity index (χ0n) is 12.1. The van der Waals surface area contributed by atoms with E-state index in [0.717, 1.165) is 11.3 Å². The highest BCUT2D eigenvalue weighted by molar-refractivity contribution is 5.81. The third-order valence-corrected chi connectivity index (χ3v) is 3.57. The van der Waals surface area contributed by atoms with Crippen LogP contribution in [0.3, 0.4) is 0 Å². The van der Waals surface area contributed by atoms with Crippen LogP contribution in [0, 0.1) is 11.3 Å². The van der Waals surface area contributed by atoms with Crippen LogP contribution in [-0.4, -0.2) is 12.9 Å². The van der Waals surface area contributed by atoms with Gasteiger partial charge in [-0.15, -0.1) is 0 Å². The van der Waals surface area contributed by atoms with Gasteiger partial charge in [-0.1, -0.05) is 39.8 Å². The van der Waals surface area contributed by atoms with E-state index in [0.29, 0.717) is 24.5 Å². The fourth-order valence-electron chi connectivity index (χ4n) is 1.69. The van der Waals surface area contributed by atoms with Crippen molar-refractivity contribution in [2.24, 2.45) is 11.3 Å². The second kappa shape index (κ2) is 6.03. The van der Waals surface area contributed by atoms with Crippen molar-refractivity contribution in [3.05, 3.63) is 29.8 Å². The lowest BCUT2D eigenvalue weighted by atomic mass is 9.79. The number of carbonyl (C=O) groups is 1. The third kappa shape index (κ3) is 4.52. The maximum Gasteiger partial charge on any atom is 0.137 e. The first kappa shape index (κ1) is 14.7. The van der Waals surface area contributed by atoms with Gasteiger partial charge in [0.2, 0.25) is 0 Å². The molecule has 1 aromatic carbocycles. The lowest BCUT2D eigenvalue weighted by molar-refractivity contribution is -0.120. The van der Waals surface area contributed by atoms with Crippen LogP contribution < -0.4 is 4.74 Å². The van der Waals surface area contributed by atoms with E-state index in [1.54, 1.807) is 7.11 Å². The van der Waals surface area contributed by atoms with Gasteiger partial charge >= 0.3 is 0 Å². The zero-order valence-corrected chi connectivity index (χ0v) is 12.1. The predicted molar refractivity (Wildman–Crippen MR) is 74.9 cm³/mol. The molecule has 0 heterocycles. The fourth-order valence-corrected chi connectivity index (χ4v) is 1.69. The first-order valence-electron chi connectivity index (χ1n) is 6.47. The van der Waals surface area contributed by atoms with Gasteiger partial charge in [0.25, 0.3) is 0 Å². The molecule has 1 aromatic rings. The number of Topliss-reactive ketones (excluding diaryl/α,β-unsaturated/α-hetero) is 1. The molecule has 0 radical (unpaired) electrons. The second-order valence-electron chi connectivity index (χ2n) is 6.03. The number of hydrogen-bond acceptors (Lipinski definition) is 2. The minimum absolute atomic E-state index is 0.190. The first-order chi connectivity index (χ1) is 8.32. The van der Waals surface area contributed by atoms with Gasteiger partial charge in [0.05, 0.1) is 7.11 Å². The summed E-state index contributed by atoms with van der Waals surface area (Å²) in [5, 5.41) is 0. The number of carbonyl (C=O) groups excluding carboxylic acids is 1. The smallest absolute Gasteiger partial charge is 0.137 e. The van der Waals surface area contributed by atoms with Crippen LogP contribution in [0.4, 0.5) is 0 Å². The lowest BCUT2D eigenvalue weighted by Gasteiger charge is -2.26. The number of hydrogen-bond donors (Lipinski definition) is 0. The summed E-state index contributed by atoms with van der Waals surface area (Å²) in [4.78, 5) is 12.0. The molecule has 2 nitrogen and oxygen atoms in total. The highest BCUT2D eigenvalue weighted by Crippen LogP contribution is 2.28. The van der Waals surface area contributed by atoms with Crippen LogP contribution >= 0.6 is 0 Å². The monoisotopic (exact) mass is 248 g/mol. The van der Waals surface area contributed by atoms with Crippen LogP contribution in [0.2, 0.25) is 0 Å². The molecular weight excluding hydrogens is 224 g/mol. The predicted octanol–water partition coefficient (Wildman–Crippen LogP) is 3.88. The minimum Gasteiger partial charge on any atom is -0.497 e. The summed E-state index contributed by atoms with van der Waals surface area (Å²) in [6.45, 7) is 8.68. The normalized spacial score (nSPS) is 13.2. The molecule has 1 atom stereocenters. The molecule has 0 aliphatic rings. The van der Waals surface area contributed by atoms with Crippen LogP contribution in [-0.2, 0) is 11.2 Å². The Morgan fingerprint density at radius 1 is 1.22 bits per heavy atom. The number of ether oxygens (including phenoxy) is 1. The van der Waals surface area contributed by atoms with E-state index in [2.05, 4.69) is 27.7 Å². The highest BCUT2D eigenvalue weighted by atomic mass is 16.5. The van der Waals surface area contributed by atoms with Gasteiger partial charge in [0.1, 0.15) is 11.5 Å². The lowest BCUT2D eigenvalue weighted by Crippen LogP contribution is -2.21. The molecule has 0 aliphatic heterocycles. The molecule has 0 saturated heterocycles. The molecule has 1 unspecified atom stereocenters. The molecule has 0 amide bonds. The first-order valence-corrected chi connectivity index (χ1v) is 6.47. The van der Waals surface area contributed by atoms with E-state index >= 15 is 0 Å². The van der Waals surface area contributed by atoms with Crippen LogP contribution in [0.15, 0.2) is 24.3 Å². The number of methoxy groups -OCH3 is 1. The summed E-state index contributed by atoms with van der Waals surface area (Å²) in [6.07, 6.45) is 1.17. The van der Waals surface area contributed by atoms with E-state index in [4.69, 9.17) is 4.74 Å². The van der Waals surface area contributed by atoms with E-state index in [-0.39, 0.29) is 5.41 Å². The minimum atomic E-state index is 0.190. The van der Waals surface area contributed by atoms with Gasteiger partial charge in [0, 0.05) is 12.8 Å². The summed E-state index contributed by atoms with van der Waals surface area (Å²) >= 11 is 0. The van der Waals surface area contributed by atoms with Crippen molar-refractivity contribution in [2.75, 3.05) is 7.11 Å². The maximum atomic E-state index is 12.0. The molecule has 1 rings (SSSR count). The Morgan fingerprint density at radius 2 is 1.78 bits per heavy atom. The molecule has 0 saturated carbocycles. The summed E-state index contributed by atoms with van der Waals surface area (Å²) in [6, 6.07) is 7.71. The summed E-state index contributed by atoms with van der Waals surface area (Å²) in [5.74, 6) is 1.54. The van der Waals surface area contributed by atoms with Crippen LogP contribution in [0.25, 0.3) is 0 Å². The largest absolute Gasteiger partial charge is 0.497 e. The molecule has 0 spiro atoms. The van der Waals surface area contributed by atoms with Crippen molar-refractivity contribution in [1.29, 1.82) is 0 Å². The Kier molecular flexibility index (Phi) is 4.94. The molecule has 0 N–H and O–H groups in total. The standard InChI is InChI=1S/C16H24O2/c1-12(16(2,3)4)10-14(17)11-13-6-8-15(18-5)9-7-13/h6-9,12H,10-11H2,1-5H3. The van der Waals surface area contributed by atoms with Gasteiger partial charge in [0.15, 0.2) is 0 Å². The molecule has 100 valence electrons. The highest BCUT2D eigenvalue weighted by Gasteiger charge is 2.22. The van der Waals surface area contributed by atoms with Gasteiger partial charge in [-0.3, -0.25) is 4.79 Å². The Labute approximate surface area is 110 Å². The van der Waals surface area contributed by atoms with Gasteiger partial charge < -0.3 is 4.74 Å². The van der Waals surface area contributed by atoms with Crippen molar-refractivity contribution in [3.8, 4) is 5.75 Å². The van der Waals surface area contributed by atoms with E-state index in [9.17, 15) is 4.79 Å². The average Bonchev–Trinajstić information content (AvgIpc) is 2.28. The van der Waals surface area contributed by atoms with Gasteiger partial charge in [-0.05, 0) is 29.0 Å². The second-order valence-corrected chi connectivity index (χ2v) is 6.03. The van der Waals surface area contributed by atoms with Gasteiger partial charge in [-0.2, -0.15) is 0 Å². The third-order valence-electron chi connectivity index (χ3n) is 3.57. The number of benzene rings is 1. The van der Waals surface area contributed by atoms with Crippen molar-refractivity contribution in [2.45, 2.75) is 40.5 Å². The van der Waals surface area contributed by atoms with Gasteiger partial charge in [-0.25, -0.2) is 0 Å². The van der Waals surface area contributed by atoms with Crippen molar-refractivity contribution < 1.29 is 9.53 Å².